The van der Waals surface area contributed by atoms with Crippen LogP contribution in [0.25, 0.3) is 0 Å². The van der Waals surface area contributed by atoms with E-state index in [1.54, 1.807) is 0 Å². The average molecular weight is 279 g/mol. The fourth-order valence-electron chi connectivity index (χ4n) is 2.14. The lowest BCUT2D eigenvalue weighted by atomic mass is 10.1. The minimum absolute atomic E-state index is 0.198. The second-order valence-electron chi connectivity index (χ2n) is 4.53. The zero-order valence-corrected chi connectivity index (χ0v) is 10.6. The van der Waals surface area contributed by atoms with Gasteiger partial charge in [-0.3, -0.25) is 0 Å². The van der Waals surface area contributed by atoms with Crippen LogP contribution in [0.15, 0.2) is 0 Å². The first-order chi connectivity index (χ1) is 8.46. The van der Waals surface area contributed by atoms with Crippen molar-refractivity contribution < 1.29 is 13.2 Å². The second-order valence-corrected chi connectivity index (χ2v) is 4.89. The molecule has 0 N–H and O–H groups in total. The monoisotopic (exact) mass is 278 g/mol. The van der Waals surface area contributed by atoms with Gasteiger partial charge in [0.1, 0.15) is 11.0 Å². The molecule has 100 valence electrons. The summed E-state index contributed by atoms with van der Waals surface area (Å²) < 4.78 is 36.5. The van der Waals surface area contributed by atoms with Gasteiger partial charge in [0.05, 0.1) is 6.42 Å². The van der Waals surface area contributed by atoms with Crippen LogP contribution in [0.1, 0.15) is 42.8 Å². The molecule has 0 radical (unpaired) electrons. The molecular weight excluding hydrogens is 265 g/mol. The van der Waals surface area contributed by atoms with E-state index >= 15 is 0 Å². The normalized spacial score (nSPS) is 16.2. The molecule has 6 heteroatoms. The summed E-state index contributed by atoms with van der Waals surface area (Å²) in [7, 11) is 0. The number of hydrogen-bond acceptors (Lipinski definition) is 2. The lowest BCUT2D eigenvalue weighted by Crippen LogP contribution is -2.12. The van der Waals surface area contributed by atoms with Crippen LogP contribution in [-0.4, -0.2) is 16.1 Å². The van der Waals surface area contributed by atoms with E-state index in [2.05, 4.69) is 9.97 Å². The summed E-state index contributed by atoms with van der Waals surface area (Å²) in [6.07, 6.45) is -0.507. The number of aryl methyl sites for hydroxylation is 2. The van der Waals surface area contributed by atoms with Gasteiger partial charge in [-0.05, 0) is 25.7 Å². The first kappa shape index (κ1) is 13.6. The summed E-state index contributed by atoms with van der Waals surface area (Å²) in [4.78, 5) is 8.23. The van der Waals surface area contributed by atoms with Crippen molar-refractivity contribution in [3.63, 3.8) is 0 Å². The Morgan fingerprint density at radius 3 is 2.50 bits per heavy atom. The molecular formula is C12H14ClF3N2. The number of nitrogens with zero attached hydrogens (tertiary/aromatic N) is 2. The highest BCUT2D eigenvalue weighted by atomic mass is 35.5. The summed E-state index contributed by atoms with van der Waals surface area (Å²) in [6, 6.07) is 0. The van der Waals surface area contributed by atoms with E-state index in [9.17, 15) is 13.2 Å². The van der Waals surface area contributed by atoms with Crippen molar-refractivity contribution in [3.05, 3.63) is 22.2 Å². The Labute approximate surface area is 109 Å². The number of halogens is 4. The van der Waals surface area contributed by atoms with Crippen LogP contribution in [0.5, 0.6) is 0 Å². The number of fused-ring (bicyclic) bond motifs is 1. The third-order valence-electron chi connectivity index (χ3n) is 3.06. The van der Waals surface area contributed by atoms with Crippen LogP contribution in [-0.2, 0) is 19.3 Å². The van der Waals surface area contributed by atoms with Crippen LogP contribution in [0.2, 0.25) is 5.15 Å². The number of rotatable bonds is 2. The Kier molecular flexibility index (Phi) is 4.10. The highest BCUT2D eigenvalue weighted by Crippen LogP contribution is 2.26. The zero-order chi connectivity index (χ0) is 13.2. The fraction of sp³-hybridized carbons (Fsp3) is 0.667. The molecule has 0 bridgehead atoms. The van der Waals surface area contributed by atoms with Gasteiger partial charge in [0.25, 0.3) is 0 Å². The predicted molar refractivity (Wildman–Crippen MR) is 62.7 cm³/mol. The molecule has 0 fully saturated rings. The lowest BCUT2D eigenvalue weighted by molar-refractivity contribution is -0.134. The maximum Gasteiger partial charge on any atom is 0.389 e. The molecule has 1 heterocycles. The number of hydrogen-bond donors (Lipinski definition) is 0. The SMILES string of the molecule is FC(F)(F)CCc1nc(Cl)c2c(n1)CCCCC2. The molecule has 0 amide bonds. The maximum atomic E-state index is 12.2. The van der Waals surface area contributed by atoms with Crippen LogP contribution in [0.4, 0.5) is 13.2 Å². The van der Waals surface area contributed by atoms with Gasteiger partial charge < -0.3 is 0 Å². The summed E-state index contributed by atoms with van der Waals surface area (Å²) in [5.74, 6) is 0.206. The standard InChI is InChI=1S/C12H14ClF3N2/c13-11-8-4-2-1-3-5-9(8)17-10(18-11)6-7-12(14,15)16/h1-7H2. The van der Waals surface area contributed by atoms with E-state index in [-0.39, 0.29) is 12.2 Å². The quantitative estimate of drug-likeness (QED) is 0.606. The molecule has 0 aliphatic heterocycles. The van der Waals surface area contributed by atoms with Crippen LogP contribution >= 0.6 is 11.6 Å². The smallest absolute Gasteiger partial charge is 0.238 e. The van der Waals surface area contributed by atoms with Gasteiger partial charge in [-0.1, -0.05) is 18.0 Å². The van der Waals surface area contributed by atoms with E-state index in [1.807, 2.05) is 0 Å². The molecule has 2 nitrogen and oxygen atoms in total. The van der Waals surface area contributed by atoms with Crippen LogP contribution < -0.4 is 0 Å². The molecule has 0 aromatic carbocycles. The summed E-state index contributed by atoms with van der Waals surface area (Å²) in [5.41, 5.74) is 1.76. The van der Waals surface area contributed by atoms with Crippen molar-refractivity contribution in [2.45, 2.75) is 51.1 Å². The van der Waals surface area contributed by atoms with E-state index in [1.165, 1.54) is 0 Å². The van der Waals surface area contributed by atoms with Gasteiger partial charge in [0, 0.05) is 17.7 Å². The average Bonchev–Trinajstić information content (AvgIpc) is 2.51. The molecule has 2 rings (SSSR count). The molecule has 0 saturated carbocycles. The van der Waals surface area contributed by atoms with Crippen LogP contribution in [0, 0.1) is 0 Å². The third-order valence-corrected chi connectivity index (χ3v) is 3.37. The van der Waals surface area contributed by atoms with E-state index in [0.29, 0.717) is 5.15 Å². The molecule has 1 aliphatic rings. The molecule has 0 saturated heterocycles. The molecule has 18 heavy (non-hydrogen) atoms. The first-order valence-corrected chi connectivity index (χ1v) is 6.44. The van der Waals surface area contributed by atoms with E-state index < -0.39 is 12.6 Å². The zero-order valence-electron chi connectivity index (χ0n) is 9.86. The Morgan fingerprint density at radius 2 is 1.78 bits per heavy atom. The van der Waals surface area contributed by atoms with Gasteiger partial charge in [-0.15, -0.1) is 0 Å². The van der Waals surface area contributed by atoms with Gasteiger partial charge in [0.15, 0.2) is 0 Å². The minimum atomic E-state index is -4.18. The Morgan fingerprint density at radius 1 is 1.06 bits per heavy atom. The predicted octanol–water partition coefficient (Wildman–Crippen LogP) is 3.89. The molecule has 1 aromatic rings. The molecule has 1 aliphatic carbocycles. The van der Waals surface area contributed by atoms with E-state index in [4.69, 9.17) is 11.6 Å². The summed E-state index contributed by atoms with van der Waals surface area (Å²) in [5, 5.41) is 0.332. The molecule has 0 atom stereocenters. The van der Waals surface area contributed by atoms with Crippen molar-refractivity contribution in [1.29, 1.82) is 0 Å². The molecule has 1 aromatic heterocycles. The van der Waals surface area contributed by atoms with E-state index in [0.717, 1.165) is 43.4 Å². The first-order valence-electron chi connectivity index (χ1n) is 6.06. The van der Waals surface area contributed by atoms with Crippen molar-refractivity contribution in [1.82, 2.24) is 9.97 Å². The fourth-order valence-corrected chi connectivity index (χ4v) is 2.44. The number of aromatic nitrogens is 2. The van der Waals surface area contributed by atoms with Gasteiger partial charge in [-0.2, -0.15) is 13.2 Å². The Balaban J connectivity index is 2.18. The topological polar surface area (TPSA) is 25.8 Å². The van der Waals surface area contributed by atoms with Crippen LogP contribution in [0.3, 0.4) is 0 Å². The third kappa shape index (κ3) is 3.57. The Bertz CT molecular complexity index is 432. The largest absolute Gasteiger partial charge is 0.389 e. The van der Waals surface area contributed by atoms with Crippen molar-refractivity contribution in [3.8, 4) is 0 Å². The summed E-state index contributed by atoms with van der Waals surface area (Å²) >= 11 is 6.04. The second kappa shape index (κ2) is 5.43. The molecule has 0 spiro atoms. The summed E-state index contributed by atoms with van der Waals surface area (Å²) in [6.45, 7) is 0. The maximum absolute atomic E-state index is 12.2. The van der Waals surface area contributed by atoms with Crippen molar-refractivity contribution in [2.24, 2.45) is 0 Å². The van der Waals surface area contributed by atoms with Gasteiger partial charge >= 0.3 is 6.18 Å². The Hall–Kier alpha value is -0.840. The van der Waals surface area contributed by atoms with Crippen molar-refractivity contribution in [2.75, 3.05) is 0 Å². The van der Waals surface area contributed by atoms with Crippen molar-refractivity contribution >= 4 is 11.6 Å². The lowest BCUT2D eigenvalue weighted by Gasteiger charge is -2.10. The highest BCUT2D eigenvalue weighted by molar-refractivity contribution is 6.30. The van der Waals surface area contributed by atoms with Gasteiger partial charge in [0.2, 0.25) is 0 Å². The van der Waals surface area contributed by atoms with Gasteiger partial charge in [-0.25, -0.2) is 9.97 Å². The molecule has 0 unspecified atom stereocenters. The minimum Gasteiger partial charge on any atom is -0.238 e. The highest BCUT2D eigenvalue weighted by Gasteiger charge is 2.27. The number of alkyl halides is 3.